The van der Waals surface area contributed by atoms with E-state index >= 15 is 0 Å². The zero-order valence-electron chi connectivity index (χ0n) is 13.9. The molecule has 7 nitrogen and oxygen atoms in total. The molecule has 0 saturated carbocycles. The second kappa shape index (κ2) is 5.86. The molecule has 1 saturated heterocycles. The predicted molar refractivity (Wildman–Crippen MR) is 95.4 cm³/mol. The van der Waals surface area contributed by atoms with E-state index in [1.807, 2.05) is 30.7 Å². The van der Waals surface area contributed by atoms with Gasteiger partial charge >= 0.3 is 0 Å². The monoisotopic (exact) mass is 357 g/mol. The summed E-state index contributed by atoms with van der Waals surface area (Å²) >= 11 is 0. The zero-order chi connectivity index (χ0) is 17.6. The average molecular weight is 357 g/mol. The maximum absolute atomic E-state index is 12.3. The smallest absolute Gasteiger partial charge is 0.227 e. The number of nitrogens with one attached hydrogen (secondary N) is 1. The number of nitrogens with zero attached hydrogens (tertiary/aromatic N) is 4. The average Bonchev–Trinajstić information content (AvgIpc) is 3.20. The van der Waals surface area contributed by atoms with Crippen LogP contribution in [0.3, 0.4) is 0 Å². The summed E-state index contributed by atoms with van der Waals surface area (Å²) in [5.41, 5.74) is 1.90. The summed E-state index contributed by atoms with van der Waals surface area (Å²) in [4.78, 5) is 7.54. The van der Waals surface area contributed by atoms with Gasteiger partial charge in [0.25, 0.3) is 0 Å². The lowest BCUT2D eigenvalue weighted by Gasteiger charge is -2.37. The van der Waals surface area contributed by atoms with Crippen LogP contribution < -0.4 is 0 Å². The summed E-state index contributed by atoms with van der Waals surface area (Å²) in [7, 11) is -3.53. The summed E-state index contributed by atoms with van der Waals surface area (Å²) < 4.78 is 28.3. The van der Waals surface area contributed by atoms with Crippen molar-refractivity contribution < 1.29 is 8.42 Å². The van der Waals surface area contributed by atoms with Gasteiger partial charge in [-0.05, 0) is 24.5 Å². The highest BCUT2D eigenvalue weighted by Gasteiger charge is 2.34. The Balaban J connectivity index is 1.79. The Labute approximate surface area is 145 Å². The van der Waals surface area contributed by atoms with Crippen LogP contribution in [0.4, 0.5) is 0 Å². The Kier molecular flexibility index (Phi) is 3.78. The van der Waals surface area contributed by atoms with Gasteiger partial charge in [0.1, 0.15) is 5.65 Å². The maximum Gasteiger partial charge on any atom is 0.227 e. The van der Waals surface area contributed by atoms with E-state index < -0.39 is 15.8 Å². The van der Waals surface area contributed by atoms with Crippen LogP contribution in [-0.4, -0.2) is 46.1 Å². The molecule has 4 rings (SSSR count). The number of H-pyrrole nitrogens is 1. The van der Waals surface area contributed by atoms with Gasteiger partial charge < -0.3 is 9.55 Å². The molecule has 8 heteroatoms. The third-order valence-electron chi connectivity index (χ3n) is 5.14. The van der Waals surface area contributed by atoms with Gasteiger partial charge in [0.15, 0.2) is 5.75 Å². The number of piperidine rings is 1. The number of rotatable bonds is 3. The van der Waals surface area contributed by atoms with E-state index in [0.29, 0.717) is 19.0 Å². The normalized spacial score (nSPS) is 22.4. The van der Waals surface area contributed by atoms with Gasteiger partial charge in [-0.3, -0.25) is 0 Å². The highest BCUT2D eigenvalue weighted by molar-refractivity contribution is 7.89. The van der Waals surface area contributed by atoms with Crippen molar-refractivity contribution >= 4 is 32.0 Å². The number of aromatic nitrogens is 3. The molecule has 25 heavy (non-hydrogen) atoms. The van der Waals surface area contributed by atoms with Crippen molar-refractivity contribution in [2.75, 3.05) is 18.8 Å². The molecule has 0 aromatic carbocycles. The Hall–Kier alpha value is -2.37. The van der Waals surface area contributed by atoms with Gasteiger partial charge in [-0.2, -0.15) is 9.57 Å². The quantitative estimate of drug-likeness (QED) is 0.778. The molecule has 3 aromatic heterocycles. The minimum Gasteiger partial charge on any atom is -0.346 e. The van der Waals surface area contributed by atoms with Crippen LogP contribution in [0.25, 0.3) is 21.9 Å². The fraction of sp³-hybridized carbons (Fsp3) is 0.412. The van der Waals surface area contributed by atoms with Crippen LogP contribution in [-0.2, 0) is 10.0 Å². The SMILES string of the molecule is C[C@@H]1CCN(S(=O)(=O)CC#N)C[C@@H]1n1ccc2cnc3[nH]ccc3c21. The van der Waals surface area contributed by atoms with Crippen LogP contribution in [0.2, 0.25) is 0 Å². The van der Waals surface area contributed by atoms with E-state index in [4.69, 9.17) is 5.26 Å². The number of hydrogen-bond donors (Lipinski definition) is 1. The van der Waals surface area contributed by atoms with Gasteiger partial charge in [-0.25, -0.2) is 13.4 Å². The minimum atomic E-state index is -3.53. The number of aromatic amines is 1. The van der Waals surface area contributed by atoms with Crippen LogP contribution in [0.1, 0.15) is 19.4 Å². The standard InChI is InChI=1S/C17H19N5O2S/c1-12-3-7-21(25(23,24)9-5-18)11-15(12)22-8-4-13-10-20-17-14(16(13)22)2-6-19-17/h2,4,6,8,10,12,15H,3,7,9,11H2,1H3,(H,19,20)/t12-,15+/m1/s1. The summed E-state index contributed by atoms with van der Waals surface area (Å²) in [6, 6.07) is 5.81. The predicted octanol–water partition coefficient (Wildman–Crippen LogP) is 2.25. The molecule has 2 atom stereocenters. The largest absolute Gasteiger partial charge is 0.346 e. The molecular formula is C17H19N5O2S. The van der Waals surface area contributed by atoms with Crippen LogP contribution in [0, 0.1) is 17.2 Å². The van der Waals surface area contributed by atoms with Crippen LogP contribution in [0.15, 0.2) is 30.7 Å². The van der Waals surface area contributed by atoms with Crippen molar-refractivity contribution in [2.24, 2.45) is 5.92 Å². The molecule has 1 fully saturated rings. The van der Waals surface area contributed by atoms with Crippen LogP contribution in [0.5, 0.6) is 0 Å². The number of nitriles is 1. The minimum absolute atomic E-state index is 0.0280. The van der Waals surface area contributed by atoms with Crippen molar-refractivity contribution in [1.82, 2.24) is 18.8 Å². The molecule has 0 radical (unpaired) electrons. The third kappa shape index (κ3) is 2.60. The van der Waals surface area contributed by atoms with Crippen LogP contribution >= 0.6 is 0 Å². The topological polar surface area (TPSA) is 94.8 Å². The molecule has 0 spiro atoms. The van der Waals surface area contributed by atoms with E-state index in [2.05, 4.69) is 21.5 Å². The fourth-order valence-electron chi connectivity index (χ4n) is 3.74. The first-order chi connectivity index (χ1) is 12.0. The van der Waals surface area contributed by atoms with Gasteiger partial charge in [-0.1, -0.05) is 6.92 Å². The lowest BCUT2D eigenvalue weighted by atomic mass is 9.94. The lowest BCUT2D eigenvalue weighted by Crippen LogP contribution is -2.44. The van der Waals surface area contributed by atoms with Crippen molar-refractivity contribution in [3.8, 4) is 6.07 Å². The molecule has 4 heterocycles. The summed E-state index contributed by atoms with van der Waals surface area (Å²) in [6.45, 7) is 3.02. The molecule has 130 valence electrons. The number of pyridine rings is 1. The zero-order valence-corrected chi connectivity index (χ0v) is 14.7. The van der Waals surface area contributed by atoms with Gasteiger partial charge in [0.2, 0.25) is 10.0 Å². The second-order valence-corrected chi connectivity index (χ2v) is 8.60. The highest BCUT2D eigenvalue weighted by atomic mass is 32.2. The Morgan fingerprint density at radius 3 is 3.08 bits per heavy atom. The van der Waals surface area contributed by atoms with Crippen molar-refractivity contribution in [2.45, 2.75) is 19.4 Å². The van der Waals surface area contributed by atoms with E-state index in [1.165, 1.54) is 4.31 Å². The van der Waals surface area contributed by atoms with Gasteiger partial charge in [0.05, 0.1) is 17.6 Å². The summed E-state index contributed by atoms with van der Waals surface area (Å²) in [5, 5.41) is 10.9. The van der Waals surface area contributed by atoms with Crippen molar-refractivity contribution in [1.29, 1.82) is 5.26 Å². The molecular weight excluding hydrogens is 338 g/mol. The highest BCUT2D eigenvalue weighted by Crippen LogP contribution is 2.34. The Morgan fingerprint density at radius 2 is 2.28 bits per heavy atom. The number of sulfonamides is 1. The number of fused-ring (bicyclic) bond motifs is 3. The molecule has 0 unspecified atom stereocenters. The summed E-state index contributed by atoms with van der Waals surface area (Å²) in [5.74, 6) is -0.127. The summed E-state index contributed by atoms with van der Waals surface area (Å²) in [6.07, 6.45) is 6.49. The fourth-order valence-corrected chi connectivity index (χ4v) is 4.85. The second-order valence-electron chi connectivity index (χ2n) is 6.63. The molecule has 1 aliphatic rings. The first-order valence-corrected chi connectivity index (χ1v) is 9.89. The van der Waals surface area contributed by atoms with Gasteiger partial charge in [0, 0.05) is 42.5 Å². The van der Waals surface area contributed by atoms with Gasteiger partial charge in [-0.15, -0.1) is 0 Å². The van der Waals surface area contributed by atoms with E-state index in [9.17, 15) is 8.42 Å². The molecule has 0 aliphatic carbocycles. The van der Waals surface area contributed by atoms with E-state index in [1.54, 1.807) is 6.07 Å². The van der Waals surface area contributed by atoms with Crippen molar-refractivity contribution in [3.63, 3.8) is 0 Å². The molecule has 1 N–H and O–H groups in total. The molecule has 3 aromatic rings. The van der Waals surface area contributed by atoms with Crippen molar-refractivity contribution in [3.05, 3.63) is 30.7 Å². The first-order valence-electron chi connectivity index (χ1n) is 8.28. The first kappa shape index (κ1) is 16.1. The Morgan fingerprint density at radius 1 is 1.44 bits per heavy atom. The third-order valence-corrected chi connectivity index (χ3v) is 6.75. The molecule has 0 bridgehead atoms. The Bertz CT molecular complexity index is 1080. The molecule has 1 aliphatic heterocycles. The maximum atomic E-state index is 12.3. The molecule has 0 amide bonds. The lowest BCUT2D eigenvalue weighted by molar-refractivity contribution is 0.205. The number of hydrogen-bond acceptors (Lipinski definition) is 4. The van der Waals surface area contributed by atoms with E-state index in [-0.39, 0.29) is 6.04 Å². The van der Waals surface area contributed by atoms with E-state index in [0.717, 1.165) is 28.4 Å².